The Morgan fingerprint density at radius 3 is 2.76 bits per heavy atom. The highest BCUT2D eigenvalue weighted by molar-refractivity contribution is 5.57. The zero-order valence-electron chi connectivity index (χ0n) is 11.5. The van der Waals surface area contributed by atoms with Crippen molar-refractivity contribution >= 4 is 11.4 Å². The highest BCUT2D eigenvalue weighted by Crippen LogP contribution is 2.39. The molecular weight excluding hydrogens is 287 g/mol. The molecule has 1 aliphatic heterocycles. The van der Waals surface area contributed by atoms with Crippen molar-refractivity contribution in [2.24, 2.45) is 0 Å². The van der Waals surface area contributed by atoms with Crippen LogP contribution in [0.4, 0.5) is 24.5 Å². The van der Waals surface area contributed by atoms with Crippen LogP contribution in [0.3, 0.4) is 0 Å². The van der Waals surface area contributed by atoms with Crippen LogP contribution in [0.25, 0.3) is 0 Å². The van der Waals surface area contributed by atoms with Crippen LogP contribution in [0, 0.1) is 10.1 Å². The first kappa shape index (κ1) is 15.6. The van der Waals surface area contributed by atoms with Crippen LogP contribution in [0.15, 0.2) is 18.2 Å². The number of nitrogens with one attached hydrogen (secondary N) is 1. The van der Waals surface area contributed by atoms with E-state index in [9.17, 15) is 23.3 Å². The summed E-state index contributed by atoms with van der Waals surface area (Å²) in [4.78, 5) is 11.6. The number of nitrogens with zero attached hydrogens (tertiary/aromatic N) is 2. The summed E-state index contributed by atoms with van der Waals surface area (Å²) in [7, 11) is 1.79. The Morgan fingerprint density at radius 1 is 1.48 bits per heavy atom. The number of likely N-dealkylation sites (N-methyl/N-ethyl adjacent to an activating group) is 1. The molecule has 0 bridgehead atoms. The minimum atomic E-state index is -4.74. The standard InChI is InChI=1S/C13H16F3N3O2/c1-17-8-10-3-2-6-18(10)9-4-5-12(19(20)21)11(7-9)13(14,15)16/h4-5,7,10,17H,2-3,6,8H2,1H3. The number of alkyl halides is 3. The van der Waals surface area contributed by atoms with E-state index < -0.39 is 22.4 Å². The van der Waals surface area contributed by atoms with Crippen molar-refractivity contribution in [2.75, 3.05) is 25.0 Å². The van der Waals surface area contributed by atoms with Gasteiger partial charge in [0.25, 0.3) is 5.69 Å². The second kappa shape index (κ2) is 5.88. The Balaban J connectivity index is 2.40. The summed E-state index contributed by atoms with van der Waals surface area (Å²) >= 11 is 0. The first-order valence-corrected chi connectivity index (χ1v) is 6.61. The third-order valence-electron chi connectivity index (χ3n) is 3.63. The fraction of sp³-hybridized carbons (Fsp3) is 0.538. The average Bonchev–Trinajstić information content (AvgIpc) is 2.85. The molecule has 2 rings (SSSR count). The van der Waals surface area contributed by atoms with E-state index in [4.69, 9.17) is 0 Å². The summed E-state index contributed by atoms with van der Waals surface area (Å²) in [6.45, 7) is 1.32. The van der Waals surface area contributed by atoms with E-state index in [1.807, 2.05) is 4.90 Å². The lowest BCUT2D eigenvalue weighted by Crippen LogP contribution is -2.36. The molecule has 21 heavy (non-hydrogen) atoms. The first-order valence-electron chi connectivity index (χ1n) is 6.61. The molecule has 116 valence electrons. The predicted molar refractivity (Wildman–Crippen MR) is 72.4 cm³/mol. The van der Waals surface area contributed by atoms with Gasteiger partial charge in [0, 0.05) is 30.9 Å². The Labute approximate surface area is 119 Å². The second-order valence-electron chi connectivity index (χ2n) is 5.00. The van der Waals surface area contributed by atoms with E-state index in [0.717, 1.165) is 25.0 Å². The molecule has 1 aromatic rings. The minimum absolute atomic E-state index is 0.109. The number of halogens is 3. The van der Waals surface area contributed by atoms with Gasteiger partial charge in [-0.15, -0.1) is 0 Å². The first-order chi connectivity index (χ1) is 9.84. The summed E-state index contributed by atoms with van der Waals surface area (Å²) in [5.74, 6) is 0. The van der Waals surface area contributed by atoms with Gasteiger partial charge >= 0.3 is 6.18 Å². The van der Waals surface area contributed by atoms with Crippen LogP contribution in [-0.2, 0) is 6.18 Å². The number of anilines is 1. The number of benzene rings is 1. The summed E-state index contributed by atoms with van der Waals surface area (Å²) in [6.07, 6.45) is -2.96. The van der Waals surface area contributed by atoms with Gasteiger partial charge in [-0.25, -0.2) is 0 Å². The molecule has 0 saturated carbocycles. The lowest BCUT2D eigenvalue weighted by Gasteiger charge is -2.27. The Hall–Kier alpha value is -1.83. The van der Waals surface area contributed by atoms with Crippen LogP contribution in [0.5, 0.6) is 0 Å². The van der Waals surface area contributed by atoms with Crippen LogP contribution in [0.2, 0.25) is 0 Å². The number of rotatable bonds is 4. The van der Waals surface area contributed by atoms with Crippen LogP contribution < -0.4 is 10.2 Å². The monoisotopic (exact) mass is 303 g/mol. The zero-order valence-corrected chi connectivity index (χ0v) is 11.5. The van der Waals surface area contributed by atoms with Gasteiger partial charge in [0.2, 0.25) is 0 Å². The molecule has 1 N–H and O–H groups in total. The van der Waals surface area contributed by atoms with Crippen LogP contribution in [-0.4, -0.2) is 31.1 Å². The highest BCUT2D eigenvalue weighted by atomic mass is 19.4. The molecular formula is C13H16F3N3O2. The number of hydrogen-bond donors (Lipinski definition) is 1. The summed E-state index contributed by atoms with van der Waals surface area (Å²) in [5.41, 5.74) is -1.72. The normalized spacial score (nSPS) is 19.0. The van der Waals surface area contributed by atoms with Gasteiger partial charge in [-0.2, -0.15) is 13.2 Å². The van der Waals surface area contributed by atoms with E-state index in [1.165, 1.54) is 6.07 Å². The topological polar surface area (TPSA) is 58.4 Å². The summed E-state index contributed by atoms with van der Waals surface area (Å²) in [6, 6.07) is 3.32. The maximum absolute atomic E-state index is 13.0. The van der Waals surface area contributed by atoms with Gasteiger partial charge in [0.15, 0.2) is 0 Å². The number of nitro groups is 1. The predicted octanol–water partition coefficient (Wildman–Crippen LogP) is 2.80. The fourth-order valence-electron chi connectivity index (χ4n) is 2.71. The molecule has 1 aromatic carbocycles. The molecule has 0 aromatic heterocycles. The molecule has 1 heterocycles. The van der Waals surface area contributed by atoms with E-state index in [-0.39, 0.29) is 6.04 Å². The van der Waals surface area contributed by atoms with Crippen LogP contribution >= 0.6 is 0 Å². The number of nitro benzene ring substituents is 1. The number of hydrogen-bond acceptors (Lipinski definition) is 4. The van der Waals surface area contributed by atoms with Gasteiger partial charge in [-0.3, -0.25) is 10.1 Å². The molecule has 1 fully saturated rings. The van der Waals surface area contributed by atoms with E-state index in [1.54, 1.807) is 7.05 Å². The maximum Gasteiger partial charge on any atom is 0.423 e. The molecule has 1 saturated heterocycles. The third-order valence-corrected chi connectivity index (χ3v) is 3.63. The van der Waals surface area contributed by atoms with Crippen molar-refractivity contribution in [3.8, 4) is 0 Å². The second-order valence-corrected chi connectivity index (χ2v) is 5.00. The highest BCUT2D eigenvalue weighted by Gasteiger charge is 2.39. The Bertz CT molecular complexity index is 534. The summed E-state index contributed by atoms with van der Waals surface area (Å²) < 4.78 is 39.0. The van der Waals surface area contributed by atoms with Crippen molar-refractivity contribution in [1.29, 1.82) is 0 Å². The van der Waals surface area contributed by atoms with Crippen LogP contribution in [0.1, 0.15) is 18.4 Å². The van der Waals surface area contributed by atoms with Gasteiger partial charge in [-0.1, -0.05) is 0 Å². The minimum Gasteiger partial charge on any atom is -0.367 e. The lowest BCUT2D eigenvalue weighted by atomic mass is 10.1. The molecule has 0 radical (unpaired) electrons. The van der Waals surface area contributed by atoms with Gasteiger partial charge < -0.3 is 10.2 Å². The van der Waals surface area contributed by atoms with Crippen molar-refractivity contribution in [2.45, 2.75) is 25.1 Å². The molecule has 8 heteroatoms. The van der Waals surface area contributed by atoms with E-state index >= 15 is 0 Å². The molecule has 1 unspecified atom stereocenters. The molecule has 1 atom stereocenters. The van der Waals surface area contributed by atoms with Crippen molar-refractivity contribution in [3.05, 3.63) is 33.9 Å². The van der Waals surface area contributed by atoms with E-state index in [0.29, 0.717) is 18.8 Å². The molecule has 0 spiro atoms. The molecule has 5 nitrogen and oxygen atoms in total. The van der Waals surface area contributed by atoms with E-state index in [2.05, 4.69) is 5.32 Å². The zero-order chi connectivity index (χ0) is 15.6. The fourth-order valence-corrected chi connectivity index (χ4v) is 2.71. The van der Waals surface area contributed by atoms with Crippen molar-refractivity contribution in [3.63, 3.8) is 0 Å². The average molecular weight is 303 g/mol. The van der Waals surface area contributed by atoms with Gasteiger partial charge in [-0.05, 0) is 32.0 Å². The smallest absolute Gasteiger partial charge is 0.367 e. The van der Waals surface area contributed by atoms with Crippen molar-refractivity contribution in [1.82, 2.24) is 5.32 Å². The third kappa shape index (κ3) is 3.26. The maximum atomic E-state index is 13.0. The lowest BCUT2D eigenvalue weighted by molar-refractivity contribution is -0.388. The van der Waals surface area contributed by atoms with Gasteiger partial charge in [0.1, 0.15) is 5.56 Å². The SMILES string of the molecule is CNCC1CCCN1c1ccc([N+](=O)[O-])c(C(F)(F)F)c1. The molecule has 1 aliphatic rings. The quantitative estimate of drug-likeness (QED) is 0.686. The van der Waals surface area contributed by atoms with Gasteiger partial charge in [0.05, 0.1) is 4.92 Å². The largest absolute Gasteiger partial charge is 0.423 e. The Kier molecular flexibility index (Phi) is 4.36. The van der Waals surface area contributed by atoms with Crippen molar-refractivity contribution < 1.29 is 18.1 Å². The summed E-state index contributed by atoms with van der Waals surface area (Å²) in [5, 5.41) is 13.8. The molecule has 0 amide bonds. The Morgan fingerprint density at radius 2 is 2.19 bits per heavy atom. The molecule has 0 aliphatic carbocycles.